The molecular formula is C17H21BrN2. The summed E-state index contributed by atoms with van der Waals surface area (Å²) in [6.07, 6.45) is 0. The lowest BCUT2D eigenvalue weighted by molar-refractivity contribution is 0.824. The molecule has 3 heteroatoms. The third-order valence-corrected chi connectivity index (χ3v) is 4.29. The molecule has 0 radical (unpaired) electrons. The lowest BCUT2D eigenvalue weighted by Gasteiger charge is -2.25. The van der Waals surface area contributed by atoms with Crippen LogP contribution in [-0.4, -0.2) is 6.54 Å². The highest BCUT2D eigenvalue weighted by atomic mass is 79.9. The summed E-state index contributed by atoms with van der Waals surface area (Å²) in [7, 11) is 0. The molecular weight excluding hydrogens is 312 g/mol. The van der Waals surface area contributed by atoms with Crippen molar-refractivity contribution in [3.8, 4) is 0 Å². The van der Waals surface area contributed by atoms with Gasteiger partial charge in [-0.1, -0.05) is 46.3 Å². The Hall–Kier alpha value is -1.32. The van der Waals surface area contributed by atoms with Gasteiger partial charge in [-0.15, -0.1) is 0 Å². The van der Waals surface area contributed by atoms with E-state index in [-0.39, 0.29) is 0 Å². The lowest BCUT2D eigenvalue weighted by atomic mass is 10.1. The van der Waals surface area contributed by atoms with Crippen molar-refractivity contribution >= 4 is 21.6 Å². The lowest BCUT2D eigenvalue weighted by Crippen LogP contribution is -2.23. The number of halogens is 1. The second kappa shape index (κ2) is 6.91. The first-order valence-electron chi connectivity index (χ1n) is 6.93. The molecule has 0 spiro atoms. The second-order valence-electron chi connectivity index (χ2n) is 4.93. The summed E-state index contributed by atoms with van der Waals surface area (Å²) in [4.78, 5) is 2.39. The average molecular weight is 333 g/mol. The molecule has 2 rings (SSSR count). The average Bonchev–Trinajstić information content (AvgIpc) is 2.47. The predicted octanol–water partition coefficient (Wildman–Crippen LogP) is 4.24. The summed E-state index contributed by atoms with van der Waals surface area (Å²) in [5.74, 6) is 0. The molecule has 0 aliphatic rings. The van der Waals surface area contributed by atoms with Gasteiger partial charge in [-0.2, -0.15) is 0 Å². The Bertz CT molecular complexity index is 581. The normalized spacial score (nSPS) is 10.6. The summed E-state index contributed by atoms with van der Waals surface area (Å²) in [5, 5.41) is 0. The van der Waals surface area contributed by atoms with Crippen LogP contribution in [0, 0.1) is 6.92 Å². The van der Waals surface area contributed by atoms with Crippen molar-refractivity contribution in [2.24, 2.45) is 5.73 Å². The molecule has 2 N–H and O–H groups in total. The van der Waals surface area contributed by atoms with E-state index >= 15 is 0 Å². The summed E-state index contributed by atoms with van der Waals surface area (Å²) >= 11 is 3.65. The van der Waals surface area contributed by atoms with E-state index in [2.05, 4.69) is 77.1 Å². The van der Waals surface area contributed by atoms with Crippen molar-refractivity contribution in [3.63, 3.8) is 0 Å². The maximum atomic E-state index is 5.68. The largest absolute Gasteiger partial charge is 0.367 e. The fourth-order valence-corrected chi connectivity index (χ4v) is 2.89. The van der Waals surface area contributed by atoms with Crippen LogP contribution < -0.4 is 10.6 Å². The fraction of sp³-hybridized carbons (Fsp3) is 0.294. The molecule has 0 aliphatic heterocycles. The molecule has 0 bridgehead atoms. The summed E-state index contributed by atoms with van der Waals surface area (Å²) in [6.45, 7) is 6.80. The van der Waals surface area contributed by atoms with Gasteiger partial charge < -0.3 is 10.6 Å². The van der Waals surface area contributed by atoms with Gasteiger partial charge in [0.05, 0.1) is 0 Å². The maximum absolute atomic E-state index is 5.68. The van der Waals surface area contributed by atoms with Crippen molar-refractivity contribution in [1.29, 1.82) is 0 Å². The Kier molecular flexibility index (Phi) is 5.21. The summed E-state index contributed by atoms with van der Waals surface area (Å²) in [5.41, 5.74) is 10.7. The van der Waals surface area contributed by atoms with Crippen LogP contribution in [0.5, 0.6) is 0 Å². The number of hydrogen-bond acceptors (Lipinski definition) is 2. The van der Waals surface area contributed by atoms with Crippen molar-refractivity contribution in [2.75, 3.05) is 11.4 Å². The summed E-state index contributed by atoms with van der Waals surface area (Å²) in [6, 6.07) is 14.9. The van der Waals surface area contributed by atoms with Crippen LogP contribution in [0.4, 0.5) is 5.69 Å². The Labute approximate surface area is 129 Å². The van der Waals surface area contributed by atoms with Crippen molar-refractivity contribution in [3.05, 3.63) is 63.6 Å². The number of aryl methyl sites for hydroxylation is 1. The molecule has 0 unspecified atom stereocenters. The first-order chi connectivity index (χ1) is 9.65. The SMILES string of the molecule is CCN(Cc1ccc(CN)cc1Br)c1ccccc1C. The van der Waals surface area contributed by atoms with Crippen LogP contribution in [0.25, 0.3) is 0 Å². The van der Waals surface area contributed by atoms with E-state index in [1.807, 2.05) is 0 Å². The topological polar surface area (TPSA) is 29.3 Å². The molecule has 0 atom stereocenters. The van der Waals surface area contributed by atoms with Gasteiger partial charge in [0.1, 0.15) is 0 Å². The number of rotatable bonds is 5. The van der Waals surface area contributed by atoms with E-state index < -0.39 is 0 Å². The van der Waals surface area contributed by atoms with Gasteiger partial charge in [0, 0.05) is 29.8 Å². The molecule has 106 valence electrons. The van der Waals surface area contributed by atoms with Gasteiger partial charge in [0.15, 0.2) is 0 Å². The minimum atomic E-state index is 0.578. The van der Waals surface area contributed by atoms with Crippen molar-refractivity contribution < 1.29 is 0 Å². The van der Waals surface area contributed by atoms with E-state index in [1.165, 1.54) is 16.8 Å². The molecule has 0 aromatic heterocycles. The third kappa shape index (κ3) is 3.41. The molecule has 0 amide bonds. The predicted molar refractivity (Wildman–Crippen MR) is 89.9 cm³/mol. The van der Waals surface area contributed by atoms with Crippen molar-refractivity contribution in [1.82, 2.24) is 0 Å². The smallest absolute Gasteiger partial charge is 0.0440 e. The Morgan fingerprint density at radius 3 is 2.50 bits per heavy atom. The fourth-order valence-electron chi connectivity index (χ4n) is 2.34. The van der Waals surface area contributed by atoms with Crippen LogP contribution in [0.3, 0.4) is 0 Å². The second-order valence-corrected chi connectivity index (χ2v) is 5.78. The number of nitrogens with two attached hydrogens (primary N) is 1. The van der Waals surface area contributed by atoms with E-state index in [1.54, 1.807) is 0 Å². The Balaban J connectivity index is 2.25. The Morgan fingerprint density at radius 2 is 1.90 bits per heavy atom. The highest BCUT2D eigenvalue weighted by molar-refractivity contribution is 9.10. The van der Waals surface area contributed by atoms with E-state index in [9.17, 15) is 0 Å². The molecule has 0 aliphatic carbocycles. The standard InChI is InChI=1S/C17H21BrN2/c1-3-20(17-7-5-4-6-13(17)2)12-15-9-8-14(11-19)10-16(15)18/h4-10H,3,11-12,19H2,1-2H3. The van der Waals surface area contributed by atoms with E-state index in [4.69, 9.17) is 5.73 Å². The summed E-state index contributed by atoms with van der Waals surface area (Å²) < 4.78 is 1.13. The number of benzene rings is 2. The minimum absolute atomic E-state index is 0.578. The van der Waals surface area contributed by atoms with E-state index in [0.717, 1.165) is 23.1 Å². The maximum Gasteiger partial charge on any atom is 0.0440 e. The first-order valence-corrected chi connectivity index (χ1v) is 7.73. The van der Waals surface area contributed by atoms with E-state index in [0.29, 0.717) is 6.54 Å². The van der Waals surface area contributed by atoms with Crippen LogP contribution in [0.2, 0.25) is 0 Å². The minimum Gasteiger partial charge on any atom is -0.367 e. The van der Waals surface area contributed by atoms with Gasteiger partial charge in [0.2, 0.25) is 0 Å². The van der Waals surface area contributed by atoms with Gasteiger partial charge in [-0.25, -0.2) is 0 Å². The molecule has 0 saturated carbocycles. The Morgan fingerprint density at radius 1 is 1.15 bits per heavy atom. The molecule has 2 aromatic rings. The number of anilines is 1. The zero-order valence-electron chi connectivity index (χ0n) is 12.1. The quantitative estimate of drug-likeness (QED) is 0.887. The van der Waals surface area contributed by atoms with Crippen LogP contribution in [0.15, 0.2) is 46.9 Å². The molecule has 0 fully saturated rings. The monoisotopic (exact) mass is 332 g/mol. The molecule has 0 saturated heterocycles. The van der Waals surface area contributed by atoms with Crippen molar-refractivity contribution in [2.45, 2.75) is 26.9 Å². The van der Waals surface area contributed by atoms with Crippen LogP contribution in [-0.2, 0) is 13.1 Å². The number of para-hydroxylation sites is 1. The molecule has 20 heavy (non-hydrogen) atoms. The number of nitrogens with zero attached hydrogens (tertiary/aromatic N) is 1. The number of hydrogen-bond donors (Lipinski definition) is 1. The van der Waals surface area contributed by atoms with Gasteiger partial charge in [0.25, 0.3) is 0 Å². The van der Waals surface area contributed by atoms with Gasteiger partial charge in [-0.3, -0.25) is 0 Å². The highest BCUT2D eigenvalue weighted by Gasteiger charge is 2.10. The van der Waals surface area contributed by atoms with Crippen LogP contribution in [0.1, 0.15) is 23.6 Å². The zero-order valence-corrected chi connectivity index (χ0v) is 13.7. The third-order valence-electron chi connectivity index (χ3n) is 3.55. The highest BCUT2D eigenvalue weighted by Crippen LogP contribution is 2.25. The molecule has 0 heterocycles. The van der Waals surface area contributed by atoms with Gasteiger partial charge in [-0.05, 0) is 42.7 Å². The molecule has 2 aromatic carbocycles. The zero-order chi connectivity index (χ0) is 14.5. The van der Waals surface area contributed by atoms with Crippen LogP contribution >= 0.6 is 15.9 Å². The van der Waals surface area contributed by atoms with Gasteiger partial charge >= 0.3 is 0 Å². The molecule has 2 nitrogen and oxygen atoms in total. The first kappa shape index (κ1) is 15.1.